The summed E-state index contributed by atoms with van der Waals surface area (Å²) in [6, 6.07) is 8.11. The van der Waals surface area contributed by atoms with Crippen molar-refractivity contribution < 1.29 is 0 Å². The zero-order valence-electron chi connectivity index (χ0n) is 9.12. The highest BCUT2D eigenvalue weighted by molar-refractivity contribution is 5.57. The van der Waals surface area contributed by atoms with Gasteiger partial charge in [0.1, 0.15) is 0 Å². The molecule has 0 aliphatic heterocycles. The fourth-order valence-electron chi connectivity index (χ4n) is 1.42. The highest BCUT2D eigenvalue weighted by Gasteiger charge is 2.18. The average Bonchev–Trinajstić information content (AvgIpc) is 2.15. The van der Waals surface area contributed by atoms with Gasteiger partial charge < -0.3 is 10.6 Å². The highest BCUT2D eigenvalue weighted by Crippen LogP contribution is 2.27. The third kappa shape index (κ3) is 2.15. The second kappa shape index (κ2) is 3.84. The normalized spacial score (nSPS) is 11.1. The summed E-state index contributed by atoms with van der Waals surface area (Å²) in [7, 11) is 1.97. The Balaban J connectivity index is 3.22. The van der Waals surface area contributed by atoms with E-state index in [1.54, 1.807) is 6.20 Å². The lowest BCUT2D eigenvalue weighted by Gasteiger charge is -2.26. The summed E-state index contributed by atoms with van der Waals surface area (Å²) in [6.45, 7) is 7.75. The van der Waals surface area contributed by atoms with Crippen molar-refractivity contribution in [3.05, 3.63) is 42.6 Å². The molecule has 2 heteroatoms. The molecule has 1 aromatic carbocycles. The van der Waals surface area contributed by atoms with Crippen molar-refractivity contribution in [2.24, 2.45) is 5.73 Å². The molecular weight excluding hydrogens is 172 g/mol. The van der Waals surface area contributed by atoms with Gasteiger partial charge in [-0.15, -0.1) is 0 Å². The quantitative estimate of drug-likeness (QED) is 0.793. The van der Waals surface area contributed by atoms with Gasteiger partial charge in [0.25, 0.3) is 0 Å². The Morgan fingerprint density at radius 1 is 1.36 bits per heavy atom. The van der Waals surface area contributed by atoms with Gasteiger partial charge in [0.05, 0.1) is 0 Å². The lowest BCUT2D eigenvalue weighted by molar-refractivity contribution is 0.555. The summed E-state index contributed by atoms with van der Waals surface area (Å²) in [6.07, 6.45) is 1.78. The van der Waals surface area contributed by atoms with Gasteiger partial charge in [0.2, 0.25) is 0 Å². The molecule has 0 spiro atoms. The van der Waals surface area contributed by atoms with Crippen LogP contribution in [0.1, 0.15) is 19.4 Å². The van der Waals surface area contributed by atoms with Gasteiger partial charge in [0, 0.05) is 18.3 Å². The number of para-hydroxylation sites is 1. The number of hydrogen-bond donors (Lipinski definition) is 1. The Hall–Kier alpha value is -1.28. The van der Waals surface area contributed by atoms with Gasteiger partial charge in [-0.05, 0) is 31.7 Å². The third-order valence-corrected chi connectivity index (χ3v) is 2.25. The number of anilines is 1. The van der Waals surface area contributed by atoms with E-state index < -0.39 is 0 Å². The van der Waals surface area contributed by atoms with E-state index in [0.29, 0.717) is 0 Å². The van der Waals surface area contributed by atoms with E-state index in [0.717, 1.165) is 11.3 Å². The SMILES string of the molecule is C=CN(C)c1ccccc1C(C)(C)N. The summed E-state index contributed by atoms with van der Waals surface area (Å²) in [5.41, 5.74) is 8.00. The zero-order chi connectivity index (χ0) is 10.8. The van der Waals surface area contributed by atoms with E-state index in [9.17, 15) is 0 Å². The van der Waals surface area contributed by atoms with Crippen LogP contribution in [-0.4, -0.2) is 7.05 Å². The number of nitrogens with zero attached hydrogens (tertiary/aromatic N) is 1. The van der Waals surface area contributed by atoms with E-state index in [1.165, 1.54) is 0 Å². The Kier molecular flexibility index (Phi) is 2.96. The van der Waals surface area contributed by atoms with Gasteiger partial charge in [-0.1, -0.05) is 24.8 Å². The lowest BCUT2D eigenvalue weighted by Crippen LogP contribution is -2.30. The minimum absolute atomic E-state index is 0.326. The van der Waals surface area contributed by atoms with Gasteiger partial charge in [0.15, 0.2) is 0 Å². The van der Waals surface area contributed by atoms with Crippen LogP contribution >= 0.6 is 0 Å². The topological polar surface area (TPSA) is 29.3 Å². The molecule has 0 amide bonds. The molecule has 0 saturated carbocycles. The maximum atomic E-state index is 6.09. The molecule has 14 heavy (non-hydrogen) atoms. The Bertz CT molecular complexity index is 323. The van der Waals surface area contributed by atoms with Crippen molar-refractivity contribution in [1.82, 2.24) is 0 Å². The van der Waals surface area contributed by atoms with Crippen LogP contribution in [0, 0.1) is 0 Å². The van der Waals surface area contributed by atoms with Crippen LogP contribution in [0.3, 0.4) is 0 Å². The average molecular weight is 190 g/mol. The van der Waals surface area contributed by atoms with Crippen molar-refractivity contribution in [3.8, 4) is 0 Å². The molecule has 0 aliphatic carbocycles. The van der Waals surface area contributed by atoms with Crippen molar-refractivity contribution in [2.75, 3.05) is 11.9 Å². The second-order valence-corrected chi connectivity index (χ2v) is 4.03. The van der Waals surface area contributed by atoms with E-state index in [2.05, 4.69) is 12.6 Å². The van der Waals surface area contributed by atoms with Crippen LogP contribution in [-0.2, 0) is 5.54 Å². The molecule has 0 fully saturated rings. The summed E-state index contributed by atoms with van der Waals surface area (Å²) in [5, 5.41) is 0. The maximum Gasteiger partial charge on any atom is 0.0454 e. The van der Waals surface area contributed by atoms with Gasteiger partial charge >= 0.3 is 0 Å². The predicted molar refractivity (Wildman–Crippen MR) is 62.3 cm³/mol. The smallest absolute Gasteiger partial charge is 0.0454 e. The minimum atomic E-state index is -0.326. The second-order valence-electron chi connectivity index (χ2n) is 4.03. The molecule has 0 saturated heterocycles. The molecule has 0 heterocycles. The van der Waals surface area contributed by atoms with Crippen LogP contribution in [0.4, 0.5) is 5.69 Å². The zero-order valence-corrected chi connectivity index (χ0v) is 9.12. The molecule has 0 atom stereocenters. The molecule has 2 nitrogen and oxygen atoms in total. The van der Waals surface area contributed by atoms with Crippen molar-refractivity contribution in [3.63, 3.8) is 0 Å². The lowest BCUT2D eigenvalue weighted by atomic mass is 9.93. The minimum Gasteiger partial charge on any atom is -0.351 e. The fourth-order valence-corrected chi connectivity index (χ4v) is 1.42. The molecule has 1 aromatic rings. The first-order valence-electron chi connectivity index (χ1n) is 4.70. The van der Waals surface area contributed by atoms with E-state index in [1.807, 2.05) is 44.0 Å². The van der Waals surface area contributed by atoms with E-state index in [-0.39, 0.29) is 5.54 Å². The molecule has 0 radical (unpaired) electrons. The predicted octanol–water partition coefficient (Wildman–Crippen LogP) is 2.46. The molecule has 1 rings (SSSR count). The first-order chi connectivity index (χ1) is 6.46. The summed E-state index contributed by atoms with van der Waals surface area (Å²) < 4.78 is 0. The van der Waals surface area contributed by atoms with Crippen LogP contribution in [0.5, 0.6) is 0 Å². The van der Waals surface area contributed by atoms with Crippen molar-refractivity contribution in [2.45, 2.75) is 19.4 Å². The summed E-state index contributed by atoms with van der Waals surface area (Å²) in [5.74, 6) is 0. The van der Waals surface area contributed by atoms with Crippen molar-refractivity contribution in [1.29, 1.82) is 0 Å². The van der Waals surface area contributed by atoms with Crippen LogP contribution in [0.2, 0.25) is 0 Å². The molecule has 0 aliphatic rings. The highest BCUT2D eigenvalue weighted by atomic mass is 15.1. The largest absolute Gasteiger partial charge is 0.351 e. The molecular formula is C12H18N2. The standard InChI is InChI=1S/C12H18N2/c1-5-14(4)11-9-7-6-8-10(11)12(2,3)13/h5-9H,1,13H2,2-4H3. The van der Waals surface area contributed by atoms with Crippen molar-refractivity contribution >= 4 is 5.69 Å². The first kappa shape index (κ1) is 10.8. The van der Waals surface area contributed by atoms with Crippen LogP contribution in [0.15, 0.2) is 37.0 Å². The molecule has 0 bridgehead atoms. The number of nitrogens with two attached hydrogens (primary N) is 1. The van der Waals surface area contributed by atoms with Gasteiger partial charge in [-0.3, -0.25) is 0 Å². The fraction of sp³-hybridized carbons (Fsp3) is 0.333. The number of rotatable bonds is 3. The molecule has 76 valence electrons. The number of benzene rings is 1. The van der Waals surface area contributed by atoms with E-state index >= 15 is 0 Å². The molecule has 2 N–H and O–H groups in total. The Labute approximate surface area is 86.0 Å². The van der Waals surface area contributed by atoms with Crippen LogP contribution < -0.4 is 10.6 Å². The summed E-state index contributed by atoms with van der Waals surface area (Å²) >= 11 is 0. The maximum absolute atomic E-state index is 6.09. The van der Waals surface area contributed by atoms with Crippen LogP contribution in [0.25, 0.3) is 0 Å². The van der Waals surface area contributed by atoms with Gasteiger partial charge in [-0.2, -0.15) is 0 Å². The first-order valence-corrected chi connectivity index (χ1v) is 4.70. The summed E-state index contributed by atoms with van der Waals surface area (Å²) in [4.78, 5) is 1.98. The molecule has 0 unspecified atom stereocenters. The number of hydrogen-bond acceptors (Lipinski definition) is 2. The monoisotopic (exact) mass is 190 g/mol. The van der Waals surface area contributed by atoms with E-state index in [4.69, 9.17) is 5.73 Å². The third-order valence-electron chi connectivity index (χ3n) is 2.25. The molecule has 0 aromatic heterocycles. The Morgan fingerprint density at radius 3 is 2.43 bits per heavy atom. The van der Waals surface area contributed by atoms with Gasteiger partial charge in [-0.25, -0.2) is 0 Å². The Morgan fingerprint density at radius 2 is 1.93 bits per heavy atom.